The van der Waals surface area contributed by atoms with Gasteiger partial charge in [-0.15, -0.1) is 0 Å². The molecular weight excluding hydrogens is 402 g/mol. The van der Waals surface area contributed by atoms with Crippen LogP contribution < -0.4 is 4.90 Å². The number of rotatable bonds is 6. The van der Waals surface area contributed by atoms with Gasteiger partial charge >= 0.3 is 0 Å². The minimum absolute atomic E-state index is 0.0224. The summed E-state index contributed by atoms with van der Waals surface area (Å²) in [5, 5.41) is 0. The lowest BCUT2D eigenvalue weighted by molar-refractivity contribution is 0.0746. The number of hydrogen-bond donors (Lipinski definition) is 0. The van der Waals surface area contributed by atoms with E-state index >= 15 is 0 Å². The van der Waals surface area contributed by atoms with E-state index in [4.69, 9.17) is 4.42 Å². The molecule has 1 amide bonds. The fraction of sp³-hybridized carbons (Fsp3) is 0.280. The standard InChI is InChI=1S/C25H25N5O2/c31-24(29-14-16-30(17-15-29)25-26-12-5-13-27-25)20-10-11-22-21(18-20)28-23(32-22)9-4-8-19-6-2-1-3-7-19/h1-3,5-7,10-13,18H,4,8-9,14-17H2. The van der Waals surface area contributed by atoms with E-state index in [1.807, 2.05) is 29.2 Å². The number of benzene rings is 2. The van der Waals surface area contributed by atoms with E-state index in [0.29, 0.717) is 37.7 Å². The number of nitrogens with zero attached hydrogens (tertiary/aromatic N) is 5. The molecule has 0 bridgehead atoms. The van der Waals surface area contributed by atoms with Crippen LogP contribution in [0.3, 0.4) is 0 Å². The van der Waals surface area contributed by atoms with Crippen LogP contribution in [-0.2, 0) is 12.8 Å². The molecule has 0 atom stereocenters. The summed E-state index contributed by atoms with van der Waals surface area (Å²) in [6, 6.07) is 17.7. The number of hydrogen-bond acceptors (Lipinski definition) is 6. The van der Waals surface area contributed by atoms with Crippen LogP contribution in [0.5, 0.6) is 0 Å². The highest BCUT2D eigenvalue weighted by atomic mass is 16.3. The summed E-state index contributed by atoms with van der Waals surface area (Å²) in [5.41, 5.74) is 3.42. The van der Waals surface area contributed by atoms with E-state index in [2.05, 4.69) is 44.1 Å². The van der Waals surface area contributed by atoms with Crippen LogP contribution in [0.2, 0.25) is 0 Å². The average Bonchev–Trinajstić information content (AvgIpc) is 3.27. The van der Waals surface area contributed by atoms with Crippen molar-refractivity contribution in [2.24, 2.45) is 0 Å². The maximum Gasteiger partial charge on any atom is 0.254 e. The number of piperazine rings is 1. The van der Waals surface area contributed by atoms with Crippen molar-refractivity contribution in [1.29, 1.82) is 0 Å². The first kappa shape index (κ1) is 20.2. The molecule has 1 fully saturated rings. The summed E-state index contributed by atoms with van der Waals surface area (Å²) >= 11 is 0. The number of anilines is 1. The van der Waals surface area contributed by atoms with Crippen molar-refractivity contribution in [3.05, 3.63) is 84.0 Å². The van der Waals surface area contributed by atoms with Gasteiger partial charge in [-0.3, -0.25) is 4.79 Å². The molecule has 5 rings (SSSR count). The summed E-state index contributed by atoms with van der Waals surface area (Å²) in [5.74, 6) is 1.45. The molecule has 7 nitrogen and oxygen atoms in total. The van der Waals surface area contributed by atoms with Crippen LogP contribution in [-0.4, -0.2) is 51.9 Å². The van der Waals surface area contributed by atoms with Crippen molar-refractivity contribution in [2.75, 3.05) is 31.1 Å². The largest absolute Gasteiger partial charge is 0.441 e. The van der Waals surface area contributed by atoms with Gasteiger partial charge in [0.25, 0.3) is 5.91 Å². The van der Waals surface area contributed by atoms with Crippen LogP contribution in [0.4, 0.5) is 5.95 Å². The zero-order valence-corrected chi connectivity index (χ0v) is 17.9. The second-order valence-electron chi connectivity index (χ2n) is 7.96. The van der Waals surface area contributed by atoms with Gasteiger partial charge in [-0.25, -0.2) is 15.0 Å². The molecule has 1 saturated heterocycles. The Morgan fingerprint density at radius 1 is 0.906 bits per heavy atom. The first-order valence-corrected chi connectivity index (χ1v) is 11.0. The minimum atomic E-state index is 0.0224. The molecule has 1 aliphatic rings. The highest BCUT2D eigenvalue weighted by molar-refractivity contribution is 5.97. The predicted octanol–water partition coefficient (Wildman–Crippen LogP) is 3.76. The van der Waals surface area contributed by atoms with Gasteiger partial charge in [0.15, 0.2) is 11.5 Å². The Bertz CT molecular complexity index is 1180. The molecule has 0 unspecified atom stereocenters. The lowest BCUT2D eigenvalue weighted by Crippen LogP contribution is -2.49. The average molecular weight is 428 g/mol. The lowest BCUT2D eigenvalue weighted by Gasteiger charge is -2.34. The molecular formula is C25H25N5O2. The highest BCUT2D eigenvalue weighted by Crippen LogP contribution is 2.20. The van der Waals surface area contributed by atoms with E-state index < -0.39 is 0 Å². The zero-order valence-electron chi connectivity index (χ0n) is 17.9. The normalized spacial score (nSPS) is 14.1. The third-order valence-electron chi connectivity index (χ3n) is 5.78. The molecule has 7 heteroatoms. The molecule has 0 saturated carbocycles. The molecule has 1 aliphatic heterocycles. The Kier molecular flexibility index (Phi) is 5.79. The molecule has 2 aromatic heterocycles. The molecule has 3 heterocycles. The third kappa shape index (κ3) is 4.46. The quantitative estimate of drug-likeness (QED) is 0.466. The fourth-order valence-electron chi connectivity index (χ4n) is 4.05. The van der Waals surface area contributed by atoms with E-state index in [1.54, 1.807) is 18.5 Å². The van der Waals surface area contributed by atoms with Gasteiger partial charge in [-0.1, -0.05) is 30.3 Å². The van der Waals surface area contributed by atoms with Gasteiger partial charge in [-0.2, -0.15) is 0 Å². The topological polar surface area (TPSA) is 75.4 Å². The molecule has 4 aromatic rings. The van der Waals surface area contributed by atoms with Gasteiger partial charge in [0, 0.05) is 50.6 Å². The van der Waals surface area contributed by atoms with Gasteiger partial charge < -0.3 is 14.2 Å². The Morgan fingerprint density at radius 3 is 2.47 bits per heavy atom. The molecule has 2 aromatic carbocycles. The van der Waals surface area contributed by atoms with Crippen LogP contribution in [0, 0.1) is 0 Å². The van der Waals surface area contributed by atoms with Crippen LogP contribution in [0.25, 0.3) is 11.1 Å². The number of aromatic nitrogens is 3. The second-order valence-corrected chi connectivity index (χ2v) is 7.96. The van der Waals surface area contributed by atoms with Crippen molar-refractivity contribution < 1.29 is 9.21 Å². The van der Waals surface area contributed by atoms with E-state index in [1.165, 1.54) is 5.56 Å². The number of oxazole rings is 1. The number of carbonyl (C=O) groups is 1. The number of aryl methyl sites for hydroxylation is 2. The first-order chi connectivity index (χ1) is 15.8. The third-order valence-corrected chi connectivity index (χ3v) is 5.78. The smallest absolute Gasteiger partial charge is 0.254 e. The zero-order chi connectivity index (χ0) is 21.8. The molecule has 0 N–H and O–H groups in total. The molecule has 0 radical (unpaired) electrons. The number of fused-ring (bicyclic) bond motifs is 1. The predicted molar refractivity (Wildman–Crippen MR) is 123 cm³/mol. The Morgan fingerprint density at radius 2 is 1.69 bits per heavy atom. The van der Waals surface area contributed by atoms with Crippen molar-refractivity contribution in [2.45, 2.75) is 19.3 Å². The van der Waals surface area contributed by atoms with Crippen molar-refractivity contribution in [3.63, 3.8) is 0 Å². The summed E-state index contributed by atoms with van der Waals surface area (Å²) < 4.78 is 5.89. The maximum absolute atomic E-state index is 13.0. The fourth-order valence-corrected chi connectivity index (χ4v) is 4.05. The highest BCUT2D eigenvalue weighted by Gasteiger charge is 2.24. The van der Waals surface area contributed by atoms with E-state index in [-0.39, 0.29) is 5.91 Å². The second kappa shape index (κ2) is 9.18. The van der Waals surface area contributed by atoms with Gasteiger partial charge in [0.05, 0.1) is 0 Å². The Hall–Kier alpha value is -3.74. The Labute approximate surface area is 186 Å². The number of amides is 1. The lowest BCUT2D eigenvalue weighted by atomic mass is 10.1. The first-order valence-electron chi connectivity index (χ1n) is 11.0. The van der Waals surface area contributed by atoms with Crippen molar-refractivity contribution in [3.8, 4) is 0 Å². The summed E-state index contributed by atoms with van der Waals surface area (Å²) in [6.07, 6.45) is 6.21. The van der Waals surface area contributed by atoms with Crippen LogP contribution in [0.15, 0.2) is 71.4 Å². The number of carbonyl (C=O) groups excluding carboxylic acids is 1. The van der Waals surface area contributed by atoms with Gasteiger partial charge in [0.2, 0.25) is 5.95 Å². The summed E-state index contributed by atoms with van der Waals surface area (Å²) in [4.78, 5) is 30.2. The van der Waals surface area contributed by atoms with Crippen molar-refractivity contribution in [1.82, 2.24) is 19.9 Å². The van der Waals surface area contributed by atoms with Crippen molar-refractivity contribution >= 4 is 23.0 Å². The molecule has 0 aliphatic carbocycles. The van der Waals surface area contributed by atoms with Crippen LogP contribution >= 0.6 is 0 Å². The molecule has 32 heavy (non-hydrogen) atoms. The SMILES string of the molecule is O=C(c1ccc2oc(CCCc3ccccc3)nc2c1)N1CCN(c2ncccn2)CC1. The summed E-state index contributed by atoms with van der Waals surface area (Å²) in [6.45, 7) is 2.71. The van der Waals surface area contributed by atoms with Gasteiger partial charge in [0.1, 0.15) is 5.52 Å². The maximum atomic E-state index is 13.0. The van der Waals surface area contributed by atoms with E-state index in [9.17, 15) is 4.79 Å². The summed E-state index contributed by atoms with van der Waals surface area (Å²) in [7, 11) is 0. The monoisotopic (exact) mass is 427 g/mol. The Balaban J connectivity index is 1.20. The minimum Gasteiger partial charge on any atom is -0.441 e. The van der Waals surface area contributed by atoms with Gasteiger partial charge in [-0.05, 0) is 42.7 Å². The van der Waals surface area contributed by atoms with E-state index in [0.717, 1.165) is 36.3 Å². The molecule has 0 spiro atoms. The van der Waals surface area contributed by atoms with Crippen LogP contribution in [0.1, 0.15) is 28.2 Å². The molecule has 162 valence electrons.